The number of nitrogens with two attached hydrogens (primary N) is 1. The lowest BCUT2D eigenvalue weighted by Crippen LogP contribution is -2.46. The molecule has 1 fully saturated rings. The summed E-state index contributed by atoms with van der Waals surface area (Å²) in [4.78, 5) is 27.7. The van der Waals surface area contributed by atoms with Gasteiger partial charge in [0.05, 0.1) is 12.6 Å². The van der Waals surface area contributed by atoms with Crippen LogP contribution >= 0.6 is 0 Å². The summed E-state index contributed by atoms with van der Waals surface area (Å²) in [6.45, 7) is 4.97. The van der Waals surface area contributed by atoms with E-state index >= 15 is 0 Å². The second kappa shape index (κ2) is 7.59. The summed E-state index contributed by atoms with van der Waals surface area (Å²) < 4.78 is 0. The fraction of sp³-hybridized carbons (Fsp3) is 0.750. The van der Waals surface area contributed by atoms with Gasteiger partial charge in [0.25, 0.3) is 0 Å². The molecule has 0 saturated carbocycles. The van der Waals surface area contributed by atoms with Crippen molar-refractivity contribution in [2.75, 3.05) is 26.2 Å². The summed E-state index contributed by atoms with van der Waals surface area (Å²) in [7, 11) is 0. The fourth-order valence-corrected chi connectivity index (χ4v) is 3.18. The number of amides is 2. The van der Waals surface area contributed by atoms with Gasteiger partial charge in [0.1, 0.15) is 0 Å². The van der Waals surface area contributed by atoms with Crippen molar-refractivity contribution in [3.05, 3.63) is 12.2 Å². The maximum atomic E-state index is 12.5. The maximum absolute atomic E-state index is 12.5. The Bertz CT molecular complexity index is 400. The predicted octanol–water partition coefficient (Wildman–Crippen LogP) is 1.14. The number of carbonyl (C=O) groups excluding carboxylic acids is 2. The van der Waals surface area contributed by atoms with Crippen LogP contribution in [0.2, 0.25) is 0 Å². The summed E-state index contributed by atoms with van der Waals surface area (Å²) in [5.41, 5.74) is 5.34. The van der Waals surface area contributed by atoms with E-state index in [9.17, 15) is 9.59 Å². The number of rotatable bonds is 6. The number of hydrogen-bond donors (Lipinski definition) is 1. The highest BCUT2D eigenvalue weighted by molar-refractivity contribution is 5.79. The molecule has 1 atom stereocenters. The minimum Gasteiger partial charge on any atom is -0.369 e. The molecule has 0 radical (unpaired) electrons. The highest BCUT2D eigenvalue weighted by atomic mass is 16.2. The first-order valence-corrected chi connectivity index (χ1v) is 8.09. The standard InChI is InChI=1S/C16H27N3O2/c1-2-3-5-14-6-4-9-19(14)15(20)12-18-10-7-13(8-11-18)16(17)21/h4,6,13-14H,2-3,5,7-12H2,1H3,(H2,17,21)/t14-/m0/s1. The van der Waals surface area contributed by atoms with Gasteiger partial charge in [0.15, 0.2) is 0 Å². The zero-order valence-corrected chi connectivity index (χ0v) is 13.0. The third kappa shape index (κ3) is 4.30. The summed E-state index contributed by atoms with van der Waals surface area (Å²) >= 11 is 0. The average Bonchev–Trinajstić information content (AvgIpc) is 2.94. The van der Waals surface area contributed by atoms with Gasteiger partial charge in [-0.3, -0.25) is 14.5 Å². The first-order chi connectivity index (χ1) is 10.1. The van der Waals surface area contributed by atoms with Gasteiger partial charge in [-0.2, -0.15) is 0 Å². The molecule has 2 amide bonds. The van der Waals surface area contributed by atoms with Crippen LogP contribution in [0.15, 0.2) is 12.2 Å². The minimum absolute atomic E-state index is 0.0119. The van der Waals surface area contributed by atoms with Crippen molar-refractivity contribution in [2.24, 2.45) is 11.7 Å². The van der Waals surface area contributed by atoms with E-state index in [2.05, 4.69) is 24.0 Å². The van der Waals surface area contributed by atoms with Crippen LogP contribution in [0.3, 0.4) is 0 Å². The molecule has 2 aliphatic rings. The maximum Gasteiger partial charge on any atom is 0.237 e. The lowest BCUT2D eigenvalue weighted by molar-refractivity contribution is -0.133. The molecule has 2 heterocycles. The third-order valence-electron chi connectivity index (χ3n) is 4.58. The Morgan fingerprint density at radius 2 is 2.00 bits per heavy atom. The molecule has 2 rings (SSSR count). The van der Waals surface area contributed by atoms with Gasteiger partial charge in [-0.25, -0.2) is 0 Å². The molecule has 0 unspecified atom stereocenters. The van der Waals surface area contributed by atoms with Gasteiger partial charge in [-0.1, -0.05) is 31.9 Å². The number of hydrogen-bond acceptors (Lipinski definition) is 3. The molecule has 0 aromatic carbocycles. The van der Waals surface area contributed by atoms with Crippen molar-refractivity contribution in [3.63, 3.8) is 0 Å². The van der Waals surface area contributed by atoms with Gasteiger partial charge in [-0.05, 0) is 32.4 Å². The molecular formula is C16H27N3O2. The summed E-state index contributed by atoms with van der Waals surface area (Å²) in [6.07, 6.45) is 9.18. The Morgan fingerprint density at radius 1 is 1.29 bits per heavy atom. The SMILES string of the molecule is CCCC[C@H]1C=CCN1C(=O)CN1CCC(C(N)=O)CC1. The highest BCUT2D eigenvalue weighted by Gasteiger charge is 2.28. The zero-order valence-electron chi connectivity index (χ0n) is 13.0. The molecule has 5 heteroatoms. The van der Waals surface area contributed by atoms with Crippen molar-refractivity contribution >= 4 is 11.8 Å². The van der Waals surface area contributed by atoms with Crippen LogP contribution in [0.5, 0.6) is 0 Å². The molecule has 0 spiro atoms. The Morgan fingerprint density at radius 3 is 2.62 bits per heavy atom. The molecular weight excluding hydrogens is 266 g/mol. The van der Waals surface area contributed by atoms with Crippen LogP contribution in [-0.4, -0.2) is 53.8 Å². The highest BCUT2D eigenvalue weighted by Crippen LogP contribution is 2.19. The minimum atomic E-state index is -0.204. The van der Waals surface area contributed by atoms with Gasteiger partial charge in [0.2, 0.25) is 11.8 Å². The van der Waals surface area contributed by atoms with E-state index in [-0.39, 0.29) is 23.8 Å². The van der Waals surface area contributed by atoms with Crippen LogP contribution in [0, 0.1) is 5.92 Å². The predicted molar refractivity (Wildman–Crippen MR) is 82.5 cm³/mol. The van der Waals surface area contributed by atoms with Crippen molar-refractivity contribution in [1.29, 1.82) is 0 Å². The molecule has 5 nitrogen and oxygen atoms in total. The van der Waals surface area contributed by atoms with Gasteiger partial charge >= 0.3 is 0 Å². The van der Waals surface area contributed by atoms with Crippen LogP contribution in [0.1, 0.15) is 39.0 Å². The van der Waals surface area contributed by atoms with E-state index < -0.39 is 0 Å². The third-order valence-corrected chi connectivity index (χ3v) is 4.58. The van der Waals surface area contributed by atoms with E-state index in [0.29, 0.717) is 6.54 Å². The van der Waals surface area contributed by atoms with E-state index in [1.807, 2.05) is 4.90 Å². The Kier molecular flexibility index (Phi) is 5.79. The largest absolute Gasteiger partial charge is 0.369 e. The number of likely N-dealkylation sites (tertiary alicyclic amines) is 1. The van der Waals surface area contributed by atoms with Crippen LogP contribution in [-0.2, 0) is 9.59 Å². The van der Waals surface area contributed by atoms with Gasteiger partial charge < -0.3 is 10.6 Å². The molecule has 0 bridgehead atoms. The zero-order chi connectivity index (χ0) is 15.2. The van der Waals surface area contributed by atoms with E-state index in [1.54, 1.807) is 0 Å². The molecule has 1 saturated heterocycles. The molecule has 0 aliphatic carbocycles. The Balaban J connectivity index is 1.78. The van der Waals surface area contributed by atoms with Crippen molar-refractivity contribution in [1.82, 2.24) is 9.80 Å². The van der Waals surface area contributed by atoms with Gasteiger partial charge in [-0.15, -0.1) is 0 Å². The number of primary amides is 1. The van der Waals surface area contributed by atoms with Gasteiger partial charge in [0, 0.05) is 12.5 Å². The molecule has 21 heavy (non-hydrogen) atoms. The number of carbonyl (C=O) groups is 2. The number of unbranched alkanes of at least 4 members (excludes halogenated alkanes) is 1. The smallest absolute Gasteiger partial charge is 0.237 e. The molecule has 2 aliphatic heterocycles. The summed E-state index contributed by atoms with van der Waals surface area (Å²) in [5.74, 6) is -0.00918. The Labute approximate surface area is 127 Å². The average molecular weight is 293 g/mol. The van der Waals surface area contributed by atoms with Crippen molar-refractivity contribution in [3.8, 4) is 0 Å². The second-order valence-electron chi connectivity index (χ2n) is 6.14. The topological polar surface area (TPSA) is 66.6 Å². The molecule has 0 aromatic heterocycles. The normalized spacial score (nSPS) is 23.7. The molecule has 2 N–H and O–H groups in total. The van der Waals surface area contributed by atoms with E-state index in [0.717, 1.165) is 51.7 Å². The lowest BCUT2D eigenvalue weighted by Gasteiger charge is -2.32. The van der Waals surface area contributed by atoms with Crippen LogP contribution in [0.25, 0.3) is 0 Å². The monoisotopic (exact) mass is 293 g/mol. The number of piperidine rings is 1. The van der Waals surface area contributed by atoms with E-state index in [4.69, 9.17) is 5.73 Å². The molecule has 118 valence electrons. The van der Waals surface area contributed by atoms with Crippen molar-refractivity contribution in [2.45, 2.75) is 45.1 Å². The second-order valence-corrected chi connectivity index (χ2v) is 6.14. The van der Waals surface area contributed by atoms with Crippen LogP contribution in [0.4, 0.5) is 0 Å². The lowest BCUT2D eigenvalue weighted by atomic mass is 9.96. The van der Waals surface area contributed by atoms with E-state index in [1.165, 1.54) is 0 Å². The van der Waals surface area contributed by atoms with Crippen molar-refractivity contribution < 1.29 is 9.59 Å². The first kappa shape index (κ1) is 16.0. The first-order valence-electron chi connectivity index (χ1n) is 8.09. The summed E-state index contributed by atoms with van der Waals surface area (Å²) in [6, 6.07) is 0.278. The van der Waals surface area contributed by atoms with Crippen LogP contribution < -0.4 is 5.73 Å². The number of nitrogens with zero attached hydrogens (tertiary/aromatic N) is 2. The molecule has 0 aromatic rings. The summed E-state index contributed by atoms with van der Waals surface area (Å²) in [5, 5.41) is 0. The fourth-order valence-electron chi connectivity index (χ4n) is 3.18. The Hall–Kier alpha value is -1.36. The quantitative estimate of drug-likeness (QED) is 0.747.